The van der Waals surface area contributed by atoms with Gasteiger partial charge >= 0.3 is 0 Å². The molecule has 0 spiro atoms. The molecule has 1 unspecified atom stereocenters. The zero-order valence-electron chi connectivity index (χ0n) is 16.8. The normalized spacial score (nSPS) is 16.7. The summed E-state index contributed by atoms with van der Waals surface area (Å²) < 4.78 is 11.4. The van der Waals surface area contributed by atoms with E-state index in [1.165, 1.54) is 0 Å². The molecule has 4 nitrogen and oxygen atoms in total. The fourth-order valence-electron chi connectivity index (χ4n) is 3.50. The first kappa shape index (κ1) is 20.5. The van der Waals surface area contributed by atoms with Crippen LogP contribution in [0.15, 0.2) is 42.5 Å². The van der Waals surface area contributed by atoms with Crippen LogP contribution in [0.3, 0.4) is 0 Å². The molecule has 3 rings (SSSR count). The van der Waals surface area contributed by atoms with Crippen LogP contribution >= 0.6 is 11.6 Å². The lowest BCUT2D eigenvalue weighted by Gasteiger charge is -2.25. The average Bonchev–Trinajstić information content (AvgIpc) is 3.01. The van der Waals surface area contributed by atoms with Gasteiger partial charge in [0.15, 0.2) is 11.5 Å². The number of hydrogen-bond acceptors (Lipinski definition) is 3. The Kier molecular flexibility index (Phi) is 6.84. The average molecular weight is 402 g/mol. The minimum absolute atomic E-state index is 0.189. The Hall–Kier alpha value is -2.20. The molecule has 0 aromatic heterocycles. The fraction of sp³-hybridized carbons (Fsp3) is 0.435. The summed E-state index contributed by atoms with van der Waals surface area (Å²) in [6.45, 7) is 5.50. The van der Waals surface area contributed by atoms with Gasteiger partial charge in [0, 0.05) is 24.0 Å². The number of ether oxygens (including phenoxy) is 2. The summed E-state index contributed by atoms with van der Waals surface area (Å²) in [6, 6.07) is 13.9. The van der Waals surface area contributed by atoms with Crippen LogP contribution in [0.1, 0.15) is 37.8 Å². The lowest BCUT2D eigenvalue weighted by Crippen LogP contribution is -2.33. The van der Waals surface area contributed by atoms with Crippen LogP contribution in [0, 0.1) is 5.92 Å². The summed E-state index contributed by atoms with van der Waals surface area (Å²) in [7, 11) is 1.65. The van der Waals surface area contributed by atoms with Gasteiger partial charge in [-0.05, 0) is 54.2 Å². The highest BCUT2D eigenvalue weighted by molar-refractivity contribution is 6.30. The lowest BCUT2D eigenvalue weighted by molar-refractivity contribution is -0.129. The van der Waals surface area contributed by atoms with E-state index in [0.29, 0.717) is 30.5 Å². The summed E-state index contributed by atoms with van der Waals surface area (Å²) >= 11 is 5.97. The topological polar surface area (TPSA) is 38.8 Å². The number of carbonyl (C=O) groups is 1. The maximum absolute atomic E-state index is 12.4. The van der Waals surface area contributed by atoms with E-state index in [4.69, 9.17) is 21.1 Å². The molecule has 0 aliphatic carbocycles. The molecule has 1 amide bonds. The first-order valence-corrected chi connectivity index (χ1v) is 10.2. The van der Waals surface area contributed by atoms with Crippen LogP contribution < -0.4 is 9.47 Å². The van der Waals surface area contributed by atoms with Gasteiger partial charge in [-0.1, -0.05) is 43.6 Å². The van der Waals surface area contributed by atoms with Crippen molar-refractivity contribution in [1.29, 1.82) is 0 Å². The van der Waals surface area contributed by atoms with Gasteiger partial charge < -0.3 is 14.4 Å². The van der Waals surface area contributed by atoms with Gasteiger partial charge in [0.25, 0.3) is 0 Å². The predicted octanol–water partition coefficient (Wildman–Crippen LogP) is 5.12. The number of carbonyl (C=O) groups excluding carboxylic acids is 1. The van der Waals surface area contributed by atoms with Gasteiger partial charge in [0.05, 0.1) is 13.7 Å². The maximum atomic E-state index is 12.4. The van der Waals surface area contributed by atoms with Gasteiger partial charge in [-0.2, -0.15) is 0 Å². The van der Waals surface area contributed by atoms with Crippen LogP contribution in [0.4, 0.5) is 0 Å². The Labute approximate surface area is 172 Å². The molecule has 1 heterocycles. The fourth-order valence-corrected chi connectivity index (χ4v) is 3.62. The number of methoxy groups -OCH3 is 1. The van der Waals surface area contributed by atoms with E-state index < -0.39 is 0 Å². The Morgan fingerprint density at radius 3 is 2.50 bits per heavy atom. The molecule has 28 heavy (non-hydrogen) atoms. The molecule has 1 atom stereocenters. The number of amides is 1. The molecule has 0 bridgehead atoms. The van der Waals surface area contributed by atoms with Gasteiger partial charge in [-0.25, -0.2) is 0 Å². The second-order valence-corrected chi connectivity index (χ2v) is 8.17. The van der Waals surface area contributed by atoms with E-state index in [0.717, 1.165) is 35.5 Å². The number of nitrogens with zero attached hydrogens (tertiary/aromatic N) is 1. The molecular weight excluding hydrogens is 374 g/mol. The summed E-state index contributed by atoms with van der Waals surface area (Å²) in [5, 5.41) is 0.709. The predicted molar refractivity (Wildman–Crippen MR) is 112 cm³/mol. The van der Waals surface area contributed by atoms with Crippen LogP contribution in [0.2, 0.25) is 5.02 Å². The third-order valence-electron chi connectivity index (χ3n) is 4.99. The molecule has 0 saturated carbocycles. The zero-order valence-corrected chi connectivity index (χ0v) is 17.5. The first-order valence-electron chi connectivity index (χ1n) is 9.80. The van der Waals surface area contributed by atoms with Crippen molar-refractivity contribution in [2.75, 3.05) is 13.7 Å². The van der Waals surface area contributed by atoms with Crippen molar-refractivity contribution in [2.45, 2.75) is 45.7 Å². The SMILES string of the molecule is COc1ccc(CC2CCC(=O)N2Cc2ccc(Cl)cc2)cc1OCC(C)C. The Balaban J connectivity index is 1.72. The van der Waals surface area contributed by atoms with Crippen molar-refractivity contribution >= 4 is 17.5 Å². The third kappa shape index (κ3) is 5.20. The van der Waals surface area contributed by atoms with Crippen molar-refractivity contribution in [2.24, 2.45) is 5.92 Å². The van der Waals surface area contributed by atoms with Gasteiger partial charge in [0.2, 0.25) is 5.91 Å². The van der Waals surface area contributed by atoms with Gasteiger partial charge in [-0.15, -0.1) is 0 Å². The molecule has 1 fully saturated rings. The smallest absolute Gasteiger partial charge is 0.223 e. The van der Waals surface area contributed by atoms with E-state index in [-0.39, 0.29) is 11.9 Å². The van der Waals surface area contributed by atoms with Crippen LogP contribution in [0.5, 0.6) is 11.5 Å². The molecule has 1 aliphatic rings. The molecule has 0 radical (unpaired) electrons. The van der Waals surface area contributed by atoms with Crippen molar-refractivity contribution < 1.29 is 14.3 Å². The molecule has 1 aliphatic heterocycles. The van der Waals surface area contributed by atoms with Crippen molar-refractivity contribution in [3.8, 4) is 11.5 Å². The minimum atomic E-state index is 0.189. The third-order valence-corrected chi connectivity index (χ3v) is 5.24. The zero-order chi connectivity index (χ0) is 20.1. The largest absolute Gasteiger partial charge is 0.493 e. The Bertz CT molecular complexity index is 804. The number of likely N-dealkylation sites (tertiary alicyclic amines) is 1. The monoisotopic (exact) mass is 401 g/mol. The molecular formula is C23H28ClNO3. The lowest BCUT2D eigenvalue weighted by atomic mass is 10.0. The molecule has 5 heteroatoms. The van der Waals surface area contributed by atoms with Gasteiger partial charge in [-0.3, -0.25) is 4.79 Å². The molecule has 1 saturated heterocycles. The molecule has 2 aromatic carbocycles. The number of halogens is 1. The standard InChI is InChI=1S/C23H28ClNO3/c1-16(2)15-28-22-13-18(6-10-21(22)27-3)12-20-9-11-23(26)25(20)14-17-4-7-19(24)8-5-17/h4-8,10,13,16,20H,9,11-12,14-15H2,1-3H3. The Morgan fingerprint density at radius 2 is 1.82 bits per heavy atom. The van der Waals surface area contributed by atoms with Crippen LogP contribution in [0.25, 0.3) is 0 Å². The molecule has 150 valence electrons. The number of rotatable bonds is 8. The second kappa shape index (κ2) is 9.33. The van der Waals surface area contributed by atoms with E-state index in [1.54, 1.807) is 7.11 Å². The van der Waals surface area contributed by atoms with Crippen LogP contribution in [-0.4, -0.2) is 30.6 Å². The molecule has 0 N–H and O–H groups in total. The van der Waals surface area contributed by atoms with E-state index in [1.807, 2.05) is 41.3 Å². The highest BCUT2D eigenvalue weighted by atomic mass is 35.5. The minimum Gasteiger partial charge on any atom is -0.493 e. The van der Waals surface area contributed by atoms with E-state index >= 15 is 0 Å². The second-order valence-electron chi connectivity index (χ2n) is 7.73. The molecule has 2 aromatic rings. The van der Waals surface area contributed by atoms with Crippen molar-refractivity contribution in [3.05, 3.63) is 58.6 Å². The summed E-state index contributed by atoms with van der Waals surface area (Å²) in [4.78, 5) is 14.4. The first-order chi connectivity index (χ1) is 13.5. The van der Waals surface area contributed by atoms with E-state index in [9.17, 15) is 4.79 Å². The highest BCUT2D eigenvalue weighted by Gasteiger charge is 2.31. The summed E-state index contributed by atoms with van der Waals surface area (Å²) in [6.07, 6.45) is 2.28. The highest BCUT2D eigenvalue weighted by Crippen LogP contribution is 2.31. The summed E-state index contributed by atoms with van der Waals surface area (Å²) in [5.41, 5.74) is 2.25. The Morgan fingerprint density at radius 1 is 1.11 bits per heavy atom. The van der Waals surface area contributed by atoms with Crippen molar-refractivity contribution in [1.82, 2.24) is 4.90 Å². The quantitative estimate of drug-likeness (QED) is 0.616. The summed E-state index contributed by atoms with van der Waals surface area (Å²) in [5.74, 6) is 2.16. The van der Waals surface area contributed by atoms with Crippen LogP contribution in [-0.2, 0) is 17.8 Å². The number of hydrogen-bond donors (Lipinski definition) is 0. The van der Waals surface area contributed by atoms with E-state index in [2.05, 4.69) is 19.9 Å². The van der Waals surface area contributed by atoms with Crippen molar-refractivity contribution in [3.63, 3.8) is 0 Å². The maximum Gasteiger partial charge on any atom is 0.223 e. The van der Waals surface area contributed by atoms with Gasteiger partial charge in [0.1, 0.15) is 0 Å². The number of benzene rings is 2.